The third kappa shape index (κ3) is 3.23. The summed E-state index contributed by atoms with van der Waals surface area (Å²) in [6, 6.07) is 7.01. The number of carbonyl (C=O) groups excluding carboxylic acids is 1. The summed E-state index contributed by atoms with van der Waals surface area (Å²) in [5, 5.41) is 3.63. The molecule has 24 heavy (non-hydrogen) atoms. The van der Waals surface area contributed by atoms with Gasteiger partial charge in [-0.1, -0.05) is 17.7 Å². The van der Waals surface area contributed by atoms with Crippen LogP contribution in [0.25, 0.3) is 0 Å². The second-order valence-corrected chi connectivity index (χ2v) is 6.39. The first-order valence-electron chi connectivity index (χ1n) is 7.34. The molecule has 7 heteroatoms. The lowest BCUT2D eigenvalue weighted by molar-refractivity contribution is -0.128. The highest BCUT2D eigenvalue weighted by Gasteiger charge is 2.37. The fourth-order valence-electron chi connectivity index (χ4n) is 2.40. The van der Waals surface area contributed by atoms with Gasteiger partial charge in [-0.05, 0) is 30.2 Å². The first kappa shape index (κ1) is 16.4. The van der Waals surface area contributed by atoms with Crippen LogP contribution >= 0.6 is 11.6 Å². The molecule has 0 spiro atoms. The Kier molecular flexibility index (Phi) is 4.01. The number of carbonyl (C=O) groups is 1. The fraction of sp³-hybridized carbons (Fsp3) is 0.294. The minimum atomic E-state index is -1.14. The van der Waals surface area contributed by atoms with Crippen LogP contribution in [0.3, 0.4) is 0 Å². The van der Waals surface area contributed by atoms with Crippen molar-refractivity contribution >= 4 is 23.5 Å². The summed E-state index contributed by atoms with van der Waals surface area (Å²) in [6.45, 7) is 5.54. The van der Waals surface area contributed by atoms with Gasteiger partial charge in [0.25, 0.3) is 0 Å². The molecule has 126 valence electrons. The minimum Gasteiger partial charge on any atom is -0.451 e. The van der Waals surface area contributed by atoms with E-state index in [0.29, 0.717) is 11.6 Å². The Morgan fingerprint density at radius 1 is 1.17 bits per heavy atom. The lowest BCUT2D eigenvalue weighted by Gasteiger charge is -2.30. The van der Waals surface area contributed by atoms with Crippen LogP contribution in [0.15, 0.2) is 33.5 Å². The zero-order chi connectivity index (χ0) is 17.5. The summed E-state index contributed by atoms with van der Waals surface area (Å²) in [5.41, 5.74) is 0.967. The molecule has 1 N–H and O–H groups in total. The number of ether oxygens (including phenoxy) is 2. The van der Waals surface area contributed by atoms with Gasteiger partial charge in [-0.25, -0.2) is 9.59 Å². The average Bonchev–Trinajstić information content (AvgIpc) is 2.46. The number of benzene rings is 1. The highest BCUT2D eigenvalue weighted by Crippen LogP contribution is 2.31. The van der Waals surface area contributed by atoms with E-state index in [9.17, 15) is 9.59 Å². The van der Waals surface area contributed by atoms with Gasteiger partial charge < -0.3 is 19.2 Å². The average molecular weight is 350 g/mol. The van der Waals surface area contributed by atoms with Crippen molar-refractivity contribution < 1.29 is 18.7 Å². The monoisotopic (exact) mass is 349 g/mol. The van der Waals surface area contributed by atoms with Gasteiger partial charge in [0.05, 0.1) is 0 Å². The Morgan fingerprint density at radius 2 is 1.92 bits per heavy atom. The molecule has 2 aromatic rings. The summed E-state index contributed by atoms with van der Waals surface area (Å²) in [6.07, 6.45) is 0. The van der Waals surface area contributed by atoms with Crippen LogP contribution in [0.5, 0.6) is 5.75 Å². The number of halogens is 1. The van der Waals surface area contributed by atoms with Crippen molar-refractivity contribution in [1.29, 1.82) is 0 Å². The van der Waals surface area contributed by atoms with Gasteiger partial charge in [0, 0.05) is 31.5 Å². The van der Waals surface area contributed by atoms with Crippen LogP contribution in [0.2, 0.25) is 5.02 Å². The van der Waals surface area contributed by atoms with E-state index in [1.807, 2.05) is 19.1 Å². The Balaban J connectivity index is 1.88. The molecule has 0 fully saturated rings. The van der Waals surface area contributed by atoms with E-state index in [4.69, 9.17) is 25.5 Å². The number of fused-ring (bicyclic) bond motifs is 1. The number of cyclic esters (lactones) is 1. The van der Waals surface area contributed by atoms with E-state index in [-0.39, 0.29) is 17.2 Å². The standard InChI is InChI=1S/C17H16ClNO5/c1-9-4-5-11(18)6-10(9)8-19-13-7-12-14(15(20)22-13)16(21)24-17(2,3)23-12/h4-7,19H,8H2,1-3H3. The second-order valence-electron chi connectivity index (χ2n) is 5.95. The van der Waals surface area contributed by atoms with Crippen molar-refractivity contribution in [2.75, 3.05) is 5.32 Å². The van der Waals surface area contributed by atoms with Crippen LogP contribution in [0, 0.1) is 6.92 Å². The van der Waals surface area contributed by atoms with Crippen LogP contribution in [0.1, 0.15) is 35.3 Å². The Morgan fingerprint density at radius 3 is 2.67 bits per heavy atom. The van der Waals surface area contributed by atoms with Crippen molar-refractivity contribution in [3.05, 3.63) is 56.4 Å². The van der Waals surface area contributed by atoms with Gasteiger partial charge in [-0.2, -0.15) is 0 Å². The topological polar surface area (TPSA) is 77.8 Å². The molecule has 0 amide bonds. The van der Waals surface area contributed by atoms with Gasteiger partial charge in [0.15, 0.2) is 11.3 Å². The molecular weight excluding hydrogens is 334 g/mol. The molecule has 1 aliphatic rings. The molecule has 0 saturated carbocycles. The molecule has 1 aromatic carbocycles. The highest BCUT2D eigenvalue weighted by atomic mass is 35.5. The maximum absolute atomic E-state index is 12.0. The van der Waals surface area contributed by atoms with Crippen LogP contribution in [-0.2, 0) is 11.3 Å². The van der Waals surface area contributed by atoms with Crippen LogP contribution in [0.4, 0.5) is 5.88 Å². The second kappa shape index (κ2) is 5.87. The van der Waals surface area contributed by atoms with Crippen LogP contribution in [-0.4, -0.2) is 11.8 Å². The van der Waals surface area contributed by atoms with Crippen molar-refractivity contribution in [2.45, 2.75) is 33.1 Å². The van der Waals surface area contributed by atoms with Crippen molar-refractivity contribution in [1.82, 2.24) is 0 Å². The number of anilines is 1. The molecule has 1 aromatic heterocycles. The van der Waals surface area contributed by atoms with Gasteiger partial charge >= 0.3 is 11.6 Å². The van der Waals surface area contributed by atoms with E-state index < -0.39 is 17.4 Å². The molecule has 0 bridgehead atoms. The molecule has 0 aliphatic carbocycles. The summed E-state index contributed by atoms with van der Waals surface area (Å²) >= 11 is 5.99. The van der Waals surface area contributed by atoms with Gasteiger partial charge in [-0.15, -0.1) is 0 Å². The van der Waals surface area contributed by atoms with Gasteiger partial charge in [-0.3, -0.25) is 0 Å². The molecule has 2 heterocycles. The smallest absolute Gasteiger partial charge is 0.356 e. The SMILES string of the molecule is Cc1ccc(Cl)cc1CNc1cc2c(c(=O)o1)C(=O)OC(C)(C)O2. The van der Waals surface area contributed by atoms with E-state index in [0.717, 1.165) is 11.1 Å². The van der Waals surface area contributed by atoms with Gasteiger partial charge in [0.1, 0.15) is 0 Å². The first-order valence-corrected chi connectivity index (χ1v) is 7.72. The fourth-order valence-corrected chi connectivity index (χ4v) is 2.59. The largest absolute Gasteiger partial charge is 0.451 e. The van der Waals surface area contributed by atoms with Gasteiger partial charge in [0.2, 0.25) is 11.7 Å². The number of rotatable bonds is 3. The third-order valence-corrected chi connectivity index (χ3v) is 3.81. The Bertz CT molecular complexity index is 872. The van der Waals surface area contributed by atoms with E-state index in [1.165, 1.54) is 6.07 Å². The normalized spacial score (nSPS) is 15.2. The minimum absolute atomic E-state index is 0.137. The zero-order valence-electron chi connectivity index (χ0n) is 13.4. The van der Waals surface area contributed by atoms with Crippen LogP contribution < -0.4 is 15.7 Å². The molecule has 1 aliphatic heterocycles. The quantitative estimate of drug-likeness (QED) is 0.854. The van der Waals surface area contributed by atoms with E-state index in [1.54, 1.807) is 19.9 Å². The zero-order valence-corrected chi connectivity index (χ0v) is 14.2. The predicted octanol–water partition coefficient (Wildman–Crippen LogP) is 3.50. The number of hydrogen-bond acceptors (Lipinski definition) is 6. The molecular formula is C17H16ClNO5. The molecule has 6 nitrogen and oxygen atoms in total. The van der Waals surface area contributed by atoms with E-state index in [2.05, 4.69) is 5.32 Å². The molecule has 3 rings (SSSR count). The molecule has 0 saturated heterocycles. The summed E-state index contributed by atoms with van der Waals surface area (Å²) in [5.74, 6) is -1.56. The number of nitrogens with one attached hydrogen (secondary N) is 1. The first-order chi connectivity index (χ1) is 11.2. The molecule has 0 radical (unpaired) electrons. The van der Waals surface area contributed by atoms with E-state index >= 15 is 0 Å². The Hall–Kier alpha value is -2.47. The lowest BCUT2D eigenvalue weighted by atomic mass is 10.1. The predicted molar refractivity (Wildman–Crippen MR) is 88.6 cm³/mol. The lowest BCUT2D eigenvalue weighted by Crippen LogP contribution is -2.41. The van der Waals surface area contributed by atoms with Crippen molar-refractivity contribution in [3.63, 3.8) is 0 Å². The maximum atomic E-state index is 12.0. The summed E-state index contributed by atoms with van der Waals surface area (Å²) in [4.78, 5) is 23.9. The number of hydrogen-bond donors (Lipinski definition) is 1. The summed E-state index contributed by atoms with van der Waals surface area (Å²) < 4.78 is 15.7. The molecule has 0 unspecified atom stereocenters. The number of aryl methyl sites for hydroxylation is 1. The maximum Gasteiger partial charge on any atom is 0.356 e. The Labute approximate surface area is 143 Å². The number of esters is 1. The third-order valence-electron chi connectivity index (χ3n) is 3.58. The highest BCUT2D eigenvalue weighted by molar-refractivity contribution is 6.30. The van der Waals surface area contributed by atoms with Crippen molar-refractivity contribution in [3.8, 4) is 5.75 Å². The van der Waals surface area contributed by atoms with Crippen molar-refractivity contribution in [2.24, 2.45) is 0 Å². The summed E-state index contributed by atoms with van der Waals surface area (Å²) in [7, 11) is 0. The molecule has 0 atom stereocenters.